The van der Waals surface area contributed by atoms with Crippen molar-refractivity contribution in [1.82, 2.24) is 14.6 Å². The lowest BCUT2D eigenvalue weighted by Crippen LogP contribution is -2.48. The molecular formula is C11H12N4O2S. The van der Waals surface area contributed by atoms with Gasteiger partial charge in [-0.15, -0.1) is 0 Å². The summed E-state index contributed by atoms with van der Waals surface area (Å²) in [5, 5.41) is 13.4. The Kier molecular flexibility index (Phi) is 2.83. The third-order valence-electron chi connectivity index (χ3n) is 2.99. The third-order valence-corrected chi connectivity index (χ3v) is 4.01. The Hall–Kier alpha value is -1.76. The zero-order valence-corrected chi connectivity index (χ0v) is 10.4. The van der Waals surface area contributed by atoms with E-state index in [2.05, 4.69) is 10.1 Å². The molecule has 1 saturated heterocycles. The van der Waals surface area contributed by atoms with Crippen LogP contribution in [0.5, 0.6) is 0 Å². The fourth-order valence-electron chi connectivity index (χ4n) is 2.13. The SMILES string of the molecule is O=C(O)C1CSCCN1c1nccn2nccc12. The largest absolute Gasteiger partial charge is 0.480 e. The molecule has 94 valence electrons. The van der Waals surface area contributed by atoms with E-state index in [1.54, 1.807) is 34.9 Å². The summed E-state index contributed by atoms with van der Waals surface area (Å²) in [5.74, 6) is 1.40. The molecule has 2 aromatic heterocycles. The lowest BCUT2D eigenvalue weighted by Gasteiger charge is -2.33. The number of hydrogen-bond acceptors (Lipinski definition) is 5. The smallest absolute Gasteiger partial charge is 0.327 e. The van der Waals surface area contributed by atoms with Crippen LogP contribution in [0.25, 0.3) is 5.52 Å². The number of carbonyl (C=O) groups is 1. The van der Waals surface area contributed by atoms with Crippen LogP contribution in [0, 0.1) is 0 Å². The average Bonchev–Trinajstić information content (AvgIpc) is 2.86. The first-order valence-corrected chi connectivity index (χ1v) is 6.78. The van der Waals surface area contributed by atoms with Gasteiger partial charge in [0.2, 0.25) is 0 Å². The molecule has 0 aromatic carbocycles. The number of nitrogens with zero attached hydrogens (tertiary/aromatic N) is 4. The number of carboxylic acids is 1. The molecule has 1 aliphatic rings. The molecule has 6 nitrogen and oxygen atoms in total. The van der Waals surface area contributed by atoms with Gasteiger partial charge in [-0.25, -0.2) is 14.3 Å². The molecule has 3 heterocycles. The van der Waals surface area contributed by atoms with Crippen molar-refractivity contribution in [1.29, 1.82) is 0 Å². The standard InChI is InChI=1S/C11H12N4O2S/c16-11(17)9-7-18-6-5-14(9)10-8-1-2-13-15(8)4-3-12-10/h1-4,9H,5-7H2,(H,16,17). The lowest BCUT2D eigenvalue weighted by molar-refractivity contribution is -0.138. The molecule has 18 heavy (non-hydrogen) atoms. The number of thioether (sulfide) groups is 1. The van der Waals surface area contributed by atoms with Gasteiger partial charge in [0.15, 0.2) is 5.82 Å². The number of anilines is 1. The van der Waals surface area contributed by atoms with Gasteiger partial charge in [0.25, 0.3) is 0 Å². The molecule has 1 atom stereocenters. The summed E-state index contributed by atoms with van der Waals surface area (Å²) in [6.45, 7) is 0.694. The molecule has 1 unspecified atom stereocenters. The van der Waals surface area contributed by atoms with Gasteiger partial charge in [0.05, 0.1) is 6.20 Å². The van der Waals surface area contributed by atoms with Crippen LogP contribution < -0.4 is 4.90 Å². The van der Waals surface area contributed by atoms with E-state index in [1.165, 1.54) is 0 Å². The van der Waals surface area contributed by atoms with Crippen molar-refractivity contribution in [2.75, 3.05) is 23.0 Å². The molecule has 1 N–H and O–H groups in total. The van der Waals surface area contributed by atoms with E-state index in [9.17, 15) is 9.90 Å². The van der Waals surface area contributed by atoms with Crippen molar-refractivity contribution in [3.8, 4) is 0 Å². The van der Waals surface area contributed by atoms with Crippen molar-refractivity contribution in [2.24, 2.45) is 0 Å². The quantitative estimate of drug-likeness (QED) is 0.862. The predicted molar refractivity (Wildman–Crippen MR) is 69.1 cm³/mol. The van der Waals surface area contributed by atoms with Crippen LogP contribution in [0.3, 0.4) is 0 Å². The van der Waals surface area contributed by atoms with E-state index in [1.807, 2.05) is 11.0 Å². The second kappa shape index (κ2) is 4.49. The molecule has 3 rings (SSSR count). The zero-order chi connectivity index (χ0) is 12.5. The van der Waals surface area contributed by atoms with Crippen LogP contribution in [0.15, 0.2) is 24.7 Å². The highest BCUT2D eigenvalue weighted by Gasteiger charge is 2.30. The maximum absolute atomic E-state index is 11.3. The molecule has 0 spiro atoms. The molecule has 0 radical (unpaired) electrons. The highest BCUT2D eigenvalue weighted by molar-refractivity contribution is 7.99. The van der Waals surface area contributed by atoms with Crippen molar-refractivity contribution >= 4 is 29.1 Å². The molecule has 0 aliphatic carbocycles. The highest BCUT2D eigenvalue weighted by Crippen LogP contribution is 2.25. The Balaban J connectivity index is 2.06. The van der Waals surface area contributed by atoms with Crippen LogP contribution in [-0.2, 0) is 4.79 Å². The molecule has 0 bridgehead atoms. The van der Waals surface area contributed by atoms with Crippen LogP contribution in [-0.4, -0.2) is 49.8 Å². The van der Waals surface area contributed by atoms with Crippen LogP contribution in [0.4, 0.5) is 5.82 Å². The minimum Gasteiger partial charge on any atom is -0.480 e. The Labute approximate surface area is 108 Å². The van der Waals surface area contributed by atoms with Gasteiger partial charge in [0.1, 0.15) is 11.6 Å². The van der Waals surface area contributed by atoms with Crippen LogP contribution in [0.1, 0.15) is 0 Å². The molecule has 7 heteroatoms. The fraction of sp³-hybridized carbons (Fsp3) is 0.364. The van der Waals surface area contributed by atoms with Gasteiger partial charge in [-0.1, -0.05) is 0 Å². The molecule has 0 saturated carbocycles. The fourth-order valence-corrected chi connectivity index (χ4v) is 3.16. The van der Waals surface area contributed by atoms with Gasteiger partial charge in [-0.2, -0.15) is 16.9 Å². The second-order valence-electron chi connectivity index (χ2n) is 4.03. The highest BCUT2D eigenvalue weighted by atomic mass is 32.2. The molecule has 2 aromatic rings. The Bertz CT molecular complexity index is 585. The average molecular weight is 264 g/mol. The number of carboxylic acid groups (broad SMARTS) is 1. The normalized spacial score (nSPS) is 20.2. The second-order valence-corrected chi connectivity index (χ2v) is 5.18. The summed E-state index contributed by atoms with van der Waals surface area (Å²) >= 11 is 1.66. The zero-order valence-electron chi connectivity index (χ0n) is 9.56. The Morgan fingerprint density at radius 3 is 3.22 bits per heavy atom. The van der Waals surface area contributed by atoms with Gasteiger partial charge in [0, 0.05) is 30.4 Å². The summed E-state index contributed by atoms with van der Waals surface area (Å²) in [6.07, 6.45) is 5.10. The van der Waals surface area contributed by atoms with Crippen LogP contribution in [0.2, 0.25) is 0 Å². The molecule has 1 fully saturated rings. The number of fused-ring (bicyclic) bond motifs is 1. The minimum absolute atomic E-state index is 0.516. The first-order chi connectivity index (χ1) is 8.77. The number of aromatic nitrogens is 3. The maximum atomic E-state index is 11.3. The number of rotatable bonds is 2. The van der Waals surface area contributed by atoms with Gasteiger partial charge in [-0.05, 0) is 6.07 Å². The molecule has 0 amide bonds. The Morgan fingerprint density at radius 1 is 1.50 bits per heavy atom. The van der Waals surface area contributed by atoms with E-state index >= 15 is 0 Å². The van der Waals surface area contributed by atoms with E-state index in [4.69, 9.17) is 0 Å². The van der Waals surface area contributed by atoms with Gasteiger partial charge < -0.3 is 10.0 Å². The first-order valence-electron chi connectivity index (χ1n) is 5.63. The third kappa shape index (κ3) is 1.80. The molecular weight excluding hydrogens is 252 g/mol. The first kappa shape index (κ1) is 11.3. The van der Waals surface area contributed by atoms with E-state index in [0.717, 1.165) is 11.3 Å². The van der Waals surface area contributed by atoms with Crippen molar-refractivity contribution < 1.29 is 9.90 Å². The van der Waals surface area contributed by atoms with Crippen molar-refractivity contribution in [3.05, 3.63) is 24.7 Å². The van der Waals surface area contributed by atoms with Crippen molar-refractivity contribution in [3.63, 3.8) is 0 Å². The monoisotopic (exact) mass is 264 g/mol. The summed E-state index contributed by atoms with van der Waals surface area (Å²) in [7, 11) is 0. The summed E-state index contributed by atoms with van der Waals surface area (Å²) in [6, 6.07) is 1.33. The van der Waals surface area contributed by atoms with Crippen LogP contribution >= 0.6 is 11.8 Å². The summed E-state index contributed by atoms with van der Waals surface area (Å²) in [5.41, 5.74) is 0.843. The van der Waals surface area contributed by atoms with Crippen molar-refractivity contribution in [2.45, 2.75) is 6.04 Å². The van der Waals surface area contributed by atoms with E-state index < -0.39 is 12.0 Å². The molecule has 1 aliphatic heterocycles. The van der Waals surface area contributed by atoms with Gasteiger partial charge >= 0.3 is 5.97 Å². The lowest BCUT2D eigenvalue weighted by atomic mass is 10.2. The summed E-state index contributed by atoms with van der Waals surface area (Å²) < 4.78 is 1.71. The number of hydrogen-bond donors (Lipinski definition) is 1. The topological polar surface area (TPSA) is 70.7 Å². The number of aliphatic carboxylic acids is 1. The van der Waals surface area contributed by atoms with E-state index in [-0.39, 0.29) is 0 Å². The summed E-state index contributed by atoms with van der Waals surface area (Å²) in [4.78, 5) is 17.5. The Morgan fingerprint density at radius 2 is 2.39 bits per heavy atom. The van der Waals surface area contributed by atoms with Gasteiger partial charge in [-0.3, -0.25) is 0 Å². The predicted octanol–water partition coefficient (Wildman–Crippen LogP) is 0.736. The maximum Gasteiger partial charge on any atom is 0.327 e. The van der Waals surface area contributed by atoms with E-state index in [0.29, 0.717) is 18.1 Å². The minimum atomic E-state index is -0.800.